The van der Waals surface area contributed by atoms with E-state index in [0.717, 1.165) is 11.1 Å². The molecule has 0 atom stereocenters. The van der Waals surface area contributed by atoms with E-state index in [1.807, 2.05) is 12.3 Å². The number of benzene rings is 2. The van der Waals surface area contributed by atoms with Gasteiger partial charge in [-0.3, -0.25) is 9.78 Å². The first-order chi connectivity index (χ1) is 13.6. The van der Waals surface area contributed by atoms with Gasteiger partial charge in [-0.2, -0.15) is 0 Å². The number of nitrogens with zero attached hydrogens (tertiary/aromatic N) is 2. The molecule has 5 nitrogen and oxygen atoms in total. The summed E-state index contributed by atoms with van der Waals surface area (Å²) >= 11 is 6.06. The highest BCUT2D eigenvalue weighted by molar-refractivity contribution is 6.31. The summed E-state index contributed by atoms with van der Waals surface area (Å²) in [5.41, 5.74) is 3.12. The van der Waals surface area contributed by atoms with Crippen molar-refractivity contribution in [1.29, 1.82) is 0 Å². The molecule has 0 saturated carbocycles. The third-order valence-electron chi connectivity index (χ3n) is 4.54. The van der Waals surface area contributed by atoms with Crippen LogP contribution in [-0.4, -0.2) is 27.4 Å². The summed E-state index contributed by atoms with van der Waals surface area (Å²) in [5.74, 6) is 0.569. The highest BCUT2D eigenvalue weighted by Crippen LogP contribution is 2.30. The van der Waals surface area contributed by atoms with Crippen LogP contribution in [0, 0.1) is 0 Å². The Kier molecular flexibility index (Phi) is 5.00. The van der Waals surface area contributed by atoms with Crippen molar-refractivity contribution >= 4 is 23.2 Å². The zero-order chi connectivity index (χ0) is 19.5. The number of phenols is 1. The average molecular weight is 393 g/mol. The van der Waals surface area contributed by atoms with Crippen molar-refractivity contribution in [1.82, 2.24) is 9.88 Å². The molecule has 0 radical (unpaired) electrons. The number of carbonyl (C=O) groups excluding carboxylic acids is 1. The molecular weight excluding hydrogens is 376 g/mol. The second kappa shape index (κ2) is 7.74. The summed E-state index contributed by atoms with van der Waals surface area (Å²) in [6.07, 6.45) is 5.77. The number of rotatable bonds is 3. The minimum atomic E-state index is -0.148. The zero-order valence-corrected chi connectivity index (χ0v) is 15.6. The van der Waals surface area contributed by atoms with Crippen LogP contribution in [0.1, 0.15) is 21.5 Å². The van der Waals surface area contributed by atoms with Crippen molar-refractivity contribution in [3.8, 4) is 11.5 Å². The lowest BCUT2D eigenvalue weighted by Crippen LogP contribution is -2.35. The molecule has 0 spiro atoms. The van der Waals surface area contributed by atoms with Crippen LogP contribution in [-0.2, 0) is 6.42 Å². The number of fused-ring (bicyclic) bond motifs is 1. The zero-order valence-electron chi connectivity index (χ0n) is 14.9. The molecule has 0 bridgehead atoms. The molecule has 2 aromatic carbocycles. The third kappa shape index (κ3) is 3.70. The number of aromatic nitrogens is 1. The quantitative estimate of drug-likeness (QED) is 0.666. The number of phenolic OH excluding ortho intramolecular Hbond substituents is 1. The summed E-state index contributed by atoms with van der Waals surface area (Å²) in [5, 5.41) is 9.94. The van der Waals surface area contributed by atoms with Crippen LogP contribution < -0.4 is 4.74 Å². The van der Waals surface area contributed by atoms with E-state index in [1.165, 1.54) is 0 Å². The third-order valence-corrected chi connectivity index (χ3v) is 4.77. The van der Waals surface area contributed by atoms with Crippen molar-refractivity contribution in [3.05, 3.63) is 95.0 Å². The molecule has 3 aromatic rings. The van der Waals surface area contributed by atoms with Crippen LogP contribution in [0.4, 0.5) is 0 Å². The van der Waals surface area contributed by atoms with Gasteiger partial charge in [-0.1, -0.05) is 17.7 Å². The van der Waals surface area contributed by atoms with Gasteiger partial charge in [-0.25, -0.2) is 0 Å². The summed E-state index contributed by atoms with van der Waals surface area (Å²) in [7, 11) is 0. The van der Waals surface area contributed by atoms with E-state index in [4.69, 9.17) is 16.3 Å². The number of ether oxygens (including phenoxy) is 1. The van der Waals surface area contributed by atoms with E-state index in [2.05, 4.69) is 4.98 Å². The van der Waals surface area contributed by atoms with E-state index >= 15 is 0 Å². The number of hydrogen-bond donors (Lipinski definition) is 1. The number of hydrogen-bond acceptors (Lipinski definition) is 4. The molecule has 0 fully saturated rings. The van der Waals surface area contributed by atoms with Crippen LogP contribution in [0.2, 0.25) is 5.02 Å². The van der Waals surface area contributed by atoms with Gasteiger partial charge in [-0.15, -0.1) is 0 Å². The fourth-order valence-electron chi connectivity index (χ4n) is 3.14. The van der Waals surface area contributed by atoms with E-state index in [9.17, 15) is 9.90 Å². The van der Waals surface area contributed by atoms with Gasteiger partial charge in [-0.05, 0) is 60.5 Å². The molecule has 0 unspecified atom stereocenters. The molecule has 0 aliphatic carbocycles. The first kappa shape index (κ1) is 18.1. The monoisotopic (exact) mass is 392 g/mol. The van der Waals surface area contributed by atoms with Crippen molar-refractivity contribution < 1.29 is 14.6 Å². The predicted octanol–water partition coefficient (Wildman–Crippen LogP) is 4.52. The Hall–Kier alpha value is -3.31. The Labute approximate surface area is 167 Å². The van der Waals surface area contributed by atoms with Gasteiger partial charge in [0.15, 0.2) is 0 Å². The maximum absolute atomic E-state index is 13.2. The van der Waals surface area contributed by atoms with E-state index in [-0.39, 0.29) is 11.7 Å². The minimum Gasteiger partial charge on any atom is -0.508 e. The van der Waals surface area contributed by atoms with Gasteiger partial charge < -0.3 is 14.7 Å². The number of halogens is 1. The summed E-state index contributed by atoms with van der Waals surface area (Å²) in [6, 6.07) is 15.2. The number of pyridine rings is 1. The van der Waals surface area contributed by atoms with Crippen LogP contribution >= 0.6 is 11.6 Å². The molecule has 28 heavy (non-hydrogen) atoms. The molecule has 1 amide bonds. The Bertz CT molecular complexity index is 1050. The lowest BCUT2D eigenvalue weighted by atomic mass is 9.98. The molecule has 2 heterocycles. The average Bonchev–Trinajstić information content (AvgIpc) is 2.72. The molecule has 4 rings (SSSR count). The number of carbonyl (C=O) groups is 1. The van der Waals surface area contributed by atoms with Crippen molar-refractivity contribution in [2.75, 3.05) is 6.54 Å². The van der Waals surface area contributed by atoms with E-state index in [1.54, 1.807) is 65.9 Å². The molecule has 1 aliphatic rings. The van der Waals surface area contributed by atoms with Crippen molar-refractivity contribution in [2.24, 2.45) is 0 Å². The fourth-order valence-corrected chi connectivity index (χ4v) is 3.33. The van der Waals surface area contributed by atoms with Gasteiger partial charge in [0.25, 0.3) is 5.91 Å². The second-order valence-corrected chi connectivity index (χ2v) is 6.80. The first-order valence-corrected chi connectivity index (χ1v) is 9.16. The fraction of sp³-hybridized carbons (Fsp3) is 0.0909. The summed E-state index contributed by atoms with van der Waals surface area (Å²) in [4.78, 5) is 19.0. The lowest BCUT2D eigenvalue weighted by Gasteiger charge is -2.31. The lowest BCUT2D eigenvalue weighted by molar-refractivity contribution is 0.0831. The molecule has 140 valence electrons. The molecule has 1 aromatic heterocycles. The van der Waals surface area contributed by atoms with Crippen molar-refractivity contribution in [2.45, 2.75) is 6.42 Å². The molecule has 6 heteroatoms. The van der Waals surface area contributed by atoms with E-state index in [0.29, 0.717) is 35.0 Å². The first-order valence-electron chi connectivity index (χ1n) is 8.78. The Morgan fingerprint density at radius 1 is 1.18 bits per heavy atom. The highest BCUT2D eigenvalue weighted by Gasteiger charge is 2.27. The van der Waals surface area contributed by atoms with Crippen LogP contribution in [0.5, 0.6) is 11.5 Å². The molecule has 1 N–H and O–H groups in total. The topological polar surface area (TPSA) is 62.7 Å². The second-order valence-electron chi connectivity index (χ2n) is 6.36. The summed E-state index contributed by atoms with van der Waals surface area (Å²) in [6.45, 7) is 0.509. The normalized spacial score (nSPS) is 14.6. The Balaban J connectivity index is 1.71. The highest BCUT2D eigenvalue weighted by atomic mass is 35.5. The Morgan fingerprint density at radius 3 is 2.79 bits per heavy atom. The predicted molar refractivity (Wildman–Crippen MR) is 107 cm³/mol. The maximum atomic E-state index is 13.2. The van der Waals surface area contributed by atoms with Crippen LogP contribution in [0.15, 0.2) is 73.3 Å². The maximum Gasteiger partial charge on any atom is 0.258 e. The summed E-state index contributed by atoms with van der Waals surface area (Å²) < 4.78 is 5.78. The molecule has 1 aliphatic heterocycles. The largest absolute Gasteiger partial charge is 0.508 e. The minimum absolute atomic E-state index is 0.148. The van der Waals surface area contributed by atoms with Crippen LogP contribution in [0.25, 0.3) is 5.70 Å². The smallest absolute Gasteiger partial charge is 0.258 e. The molecular formula is C22H17ClN2O3. The van der Waals surface area contributed by atoms with E-state index < -0.39 is 0 Å². The Morgan fingerprint density at radius 2 is 2.00 bits per heavy atom. The van der Waals surface area contributed by atoms with Crippen LogP contribution in [0.3, 0.4) is 0 Å². The SMILES string of the molecule is O=C(c1cccc(Cl)c1)N1CCc2cnccc2/C1=C\Oc1ccc(O)cc1. The van der Waals surface area contributed by atoms with Gasteiger partial charge in [0, 0.05) is 35.1 Å². The van der Waals surface area contributed by atoms with Gasteiger partial charge in [0.2, 0.25) is 0 Å². The number of aromatic hydroxyl groups is 1. The number of amides is 1. The van der Waals surface area contributed by atoms with Gasteiger partial charge in [0.05, 0.1) is 5.70 Å². The molecule has 0 saturated heterocycles. The van der Waals surface area contributed by atoms with Gasteiger partial charge >= 0.3 is 0 Å². The van der Waals surface area contributed by atoms with Crippen molar-refractivity contribution in [3.63, 3.8) is 0 Å². The van der Waals surface area contributed by atoms with Gasteiger partial charge in [0.1, 0.15) is 17.8 Å². The standard InChI is InChI=1S/C22H17ClN2O3/c23-17-3-1-2-15(12-17)22(27)25-11-9-16-13-24-10-8-20(16)21(25)14-28-19-6-4-18(26)5-7-19/h1-8,10,12-14,26H,9,11H2/b21-14+.